The highest BCUT2D eigenvalue weighted by atomic mass is 32.1. The van der Waals surface area contributed by atoms with E-state index in [4.69, 9.17) is 9.47 Å². The second kappa shape index (κ2) is 9.73. The van der Waals surface area contributed by atoms with Crippen LogP contribution in [-0.2, 0) is 16.0 Å². The first kappa shape index (κ1) is 23.1. The van der Waals surface area contributed by atoms with E-state index < -0.39 is 5.54 Å². The minimum absolute atomic E-state index is 0.0177. The number of amides is 2. The van der Waals surface area contributed by atoms with E-state index in [0.717, 1.165) is 12.0 Å². The molecule has 3 rings (SSSR count). The molecule has 1 atom stereocenters. The van der Waals surface area contributed by atoms with Gasteiger partial charge in [0.15, 0.2) is 11.5 Å². The molecule has 1 unspecified atom stereocenters. The van der Waals surface area contributed by atoms with Crippen LogP contribution in [0.1, 0.15) is 50.6 Å². The van der Waals surface area contributed by atoms with Gasteiger partial charge < -0.3 is 19.3 Å². The lowest BCUT2D eigenvalue weighted by Crippen LogP contribution is -2.53. The van der Waals surface area contributed by atoms with Crippen LogP contribution in [0.5, 0.6) is 11.5 Å². The van der Waals surface area contributed by atoms with Gasteiger partial charge in [-0.2, -0.15) is 0 Å². The van der Waals surface area contributed by atoms with E-state index in [1.807, 2.05) is 56.9 Å². The number of hydrogen-bond donors (Lipinski definition) is 0. The molecule has 0 saturated carbocycles. The van der Waals surface area contributed by atoms with Gasteiger partial charge in [-0.1, -0.05) is 19.1 Å². The number of fused-ring (bicyclic) bond motifs is 1. The zero-order valence-electron chi connectivity index (χ0n) is 19.0. The molecule has 2 aromatic rings. The first-order chi connectivity index (χ1) is 14.8. The number of nitrogens with zero attached hydrogens (tertiary/aromatic N) is 2. The summed E-state index contributed by atoms with van der Waals surface area (Å²) in [6.45, 7) is 8.72. The van der Waals surface area contributed by atoms with Crippen molar-refractivity contribution in [2.24, 2.45) is 0 Å². The largest absolute Gasteiger partial charge is 0.493 e. The van der Waals surface area contributed by atoms with Gasteiger partial charge in [0, 0.05) is 23.4 Å². The number of rotatable bonds is 7. The quantitative estimate of drug-likeness (QED) is 0.639. The molecule has 1 aliphatic rings. The van der Waals surface area contributed by atoms with Crippen molar-refractivity contribution >= 4 is 23.2 Å². The Labute approximate surface area is 188 Å². The van der Waals surface area contributed by atoms with Gasteiger partial charge >= 0.3 is 0 Å². The summed E-state index contributed by atoms with van der Waals surface area (Å²) in [5.41, 5.74) is 0.707. The third-order valence-electron chi connectivity index (χ3n) is 5.59. The highest BCUT2D eigenvalue weighted by Crippen LogP contribution is 2.35. The summed E-state index contributed by atoms with van der Waals surface area (Å²) in [6, 6.07) is 9.39. The van der Waals surface area contributed by atoms with Crippen molar-refractivity contribution in [1.29, 1.82) is 0 Å². The first-order valence-corrected chi connectivity index (χ1v) is 11.6. The number of para-hydroxylation sites is 2. The Kier molecular flexibility index (Phi) is 7.26. The molecule has 2 heterocycles. The van der Waals surface area contributed by atoms with Crippen LogP contribution in [0.25, 0.3) is 0 Å². The summed E-state index contributed by atoms with van der Waals surface area (Å²) in [7, 11) is 1.61. The maximum absolute atomic E-state index is 13.4. The zero-order chi connectivity index (χ0) is 22.6. The van der Waals surface area contributed by atoms with E-state index in [1.165, 1.54) is 4.88 Å². The van der Waals surface area contributed by atoms with Gasteiger partial charge in [0.1, 0.15) is 13.2 Å². The maximum atomic E-state index is 13.4. The van der Waals surface area contributed by atoms with E-state index in [-0.39, 0.29) is 24.4 Å². The highest BCUT2D eigenvalue weighted by molar-refractivity contribution is 7.10. The van der Waals surface area contributed by atoms with E-state index in [0.29, 0.717) is 31.1 Å². The third kappa shape index (κ3) is 5.21. The van der Waals surface area contributed by atoms with E-state index in [9.17, 15) is 9.59 Å². The van der Waals surface area contributed by atoms with Crippen molar-refractivity contribution in [2.45, 2.75) is 52.1 Å². The summed E-state index contributed by atoms with van der Waals surface area (Å²) in [5.74, 6) is 1.24. The Balaban J connectivity index is 1.82. The zero-order valence-corrected chi connectivity index (χ0v) is 19.8. The minimum Gasteiger partial charge on any atom is -0.493 e. The molecule has 2 amide bonds. The topological polar surface area (TPSA) is 59.1 Å². The van der Waals surface area contributed by atoms with Gasteiger partial charge in [-0.05, 0) is 56.3 Å². The summed E-state index contributed by atoms with van der Waals surface area (Å²) in [5, 5.41) is 2.07. The Morgan fingerprint density at radius 3 is 2.55 bits per heavy atom. The molecular formula is C24H32N2O4S. The third-order valence-corrected chi connectivity index (χ3v) is 6.58. The second-order valence-corrected chi connectivity index (χ2v) is 9.62. The van der Waals surface area contributed by atoms with Crippen LogP contribution < -0.4 is 9.47 Å². The fourth-order valence-electron chi connectivity index (χ4n) is 3.90. The van der Waals surface area contributed by atoms with E-state index >= 15 is 0 Å². The van der Waals surface area contributed by atoms with Gasteiger partial charge in [-0.25, -0.2) is 0 Å². The average Bonchev–Trinajstić information content (AvgIpc) is 3.23. The molecular weight excluding hydrogens is 412 g/mol. The number of carbonyl (C=O) groups is 2. The van der Waals surface area contributed by atoms with E-state index in [2.05, 4.69) is 11.4 Å². The second-order valence-electron chi connectivity index (χ2n) is 8.62. The predicted octanol–water partition coefficient (Wildman–Crippen LogP) is 4.30. The SMILES string of the molecule is CCC(=O)N(CC(=O)N1CCc2sccc2C1COc1ccccc1OC)C(C)(C)C. The van der Waals surface area contributed by atoms with Crippen molar-refractivity contribution in [3.8, 4) is 11.5 Å². The predicted molar refractivity (Wildman–Crippen MR) is 123 cm³/mol. The lowest BCUT2D eigenvalue weighted by Gasteiger charge is -2.40. The number of benzene rings is 1. The number of ether oxygens (including phenoxy) is 2. The lowest BCUT2D eigenvalue weighted by molar-refractivity contribution is -0.146. The van der Waals surface area contributed by atoms with Gasteiger partial charge in [0.05, 0.1) is 13.2 Å². The smallest absolute Gasteiger partial charge is 0.242 e. The van der Waals surface area contributed by atoms with Crippen molar-refractivity contribution in [1.82, 2.24) is 9.80 Å². The van der Waals surface area contributed by atoms with Crippen LogP contribution in [0.15, 0.2) is 35.7 Å². The van der Waals surface area contributed by atoms with Crippen LogP contribution in [0.4, 0.5) is 0 Å². The molecule has 0 saturated heterocycles. The van der Waals surface area contributed by atoms with Gasteiger partial charge in [-0.15, -0.1) is 11.3 Å². The summed E-state index contributed by atoms with van der Waals surface area (Å²) < 4.78 is 11.5. The summed E-state index contributed by atoms with van der Waals surface area (Å²) in [6.07, 6.45) is 1.20. The minimum atomic E-state index is -0.421. The molecule has 0 spiro atoms. The van der Waals surface area contributed by atoms with Crippen LogP contribution in [-0.4, -0.2) is 54.0 Å². The molecule has 0 bridgehead atoms. The number of methoxy groups -OCH3 is 1. The molecule has 168 valence electrons. The van der Waals surface area contributed by atoms with Crippen molar-refractivity contribution in [3.05, 3.63) is 46.2 Å². The monoisotopic (exact) mass is 444 g/mol. The summed E-state index contributed by atoms with van der Waals surface area (Å²) in [4.78, 5) is 30.8. The lowest BCUT2D eigenvalue weighted by atomic mass is 9.99. The first-order valence-electron chi connectivity index (χ1n) is 10.7. The molecule has 1 aromatic heterocycles. The fraction of sp³-hybridized carbons (Fsp3) is 0.500. The molecule has 7 heteroatoms. The van der Waals surface area contributed by atoms with Crippen LogP contribution in [0.2, 0.25) is 0 Å². The Bertz CT molecular complexity index is 918. The normalized spacial score (nSPS) is 15.9. The number of thiophene rings is 1. The molecule has 0 radical (unpaired) electrons. The maximum Gasteiger partial charge on any atom is 0.242 e. The molecule has 1 aromatic carbocycles. The average molecular weight is 445 g/mol. The standard InChI is InChI=1S/C24H32N2O4S/c1-6-22(27)26(24(2,3)4)15-23(28)25-13-11-21-17(12-14-31-21)18(25)16-30-20-10-8-7-9-19(20)29-5/h7-10,12,14,18H,6,11,13,15-16H2,1-5H3. The Morgan fingerprint density at radius 1 is 1.19 bits per heavy atom. The van der Waals surface area contributed by atoms with Crippen LogP contribution in [0.3, 0.4) is 0 Å². The van der Waals surface area contributed by atoms with Crippen LogP contribution >= 0.6 is 11.3 Å². The van der Waals surface area contributed by atoms with Crippen molar-refractivity contribution in [2.75, 3.05) is 26.8 Å². The summed E-state index contributed by atoms with van der Waals surface area (Å²) >= 11 is 1.72. The molecule has 0 fully saturated rings. The van der Waals surface area contributed by atoms with E-state index in [1.54, 1.807) is 23.3 Å². The van der Waals surface area contributed by atoms with Crippen LogP contribution in [0, 0.1) is 0 Å². The number of hydrogen-bond acceptors (Lipinski definition) is 5. The molecule has 1 aliphatic heterocycles. The molecule has 31 heavy (non-hydrogen) atoms. The van der Waals surface area contributed by atoms with Crippen molar-refractivity contribution < 1.29 is 19.1 Å². The Morgan fingerprint density at radius 2 is 1.90 bits per heavy atom. The fourth-order valence-corrected chi connectivity index (χ4v) is 4.83. The molecule has 0 N–H and O–H groups in total. The van der Waals surface area contributed by atoms with Gasteiger partial charge in [-0.3, -0.25) is 9.59 Å². The molecule has 6 nitrogen and oxygen atoms in total. The van der Waals surface area contributed by atoms with Crippen molar-refractivity contribution in [3.63, 3.8) is 0 Å². The van der Waals surface area contributed by atoms with Gasteiger partial charge in [0.25, 0.3) is 0 Å². The van der Waals surface area contributed by atoms with Gasteiger partial charge in [0.2, 0.25) is 11.8 Å². The molecule has 0 aliphatic carbocycles. The number of carbonyl (C=O) groups excluding carboxylic acids is 2. The highest BCUT2D eigenvalue weighted by Gasteiger charge is 2.35. The Hall–Kier alpha value is -2.54.